The molecule has 0 bridgehead atoms. The number of nitrogens with one attached hydrogen (secondary N) is 5. The number of rotatable bonds is 32. The molecule has 0 aliphatic carbocycles. The molecule has 0 heterocycles. The zero-order valence-electron chi connectivity index (χ0n) is 39.7. The molecule has 5 amide bonds. The first-order valence-electron chi connectivity index (χ1n) is 23.0. The van der Waals surface area contributed by atoms with E-state index >= 15 is 0 Å². The van der Waals surface area contributed by atoms with Crippen LogP contribution in [-0.4, -0.2) is 95.5 Å². The predicted molar refractivity (Wildman–Crippen MR) is 239 cm³/mol. The summed E-state index contributed by atoms with van der Waals surface area (Å²) < 4.78 is 0. The molecule has 0 saturated heterocycles. The van der Waals surface area contributed by atoms with Crippen LogP contribution in [0.5, 0.6) is 0 Å². The zero-order chi connectivity index (χ0) is 47.8. The molecule has 8 atom stereocenters. The SMILES string of the molecule is CCCNC(=O)C(CC(CC(CC(CC(C(=O)NCCC)C(C)(C)C)C(=O)NCCC)C(=O)O)C(=O)O)CC(CC(CC(C(=O)NCCC)C(C)(C)C)C(=O)O)C(=O)NCCC. The van der Waals surface area contributed by atoms with Gasteiger partial charge in [0.05, 0.1) is 17.8 Å². The Kier molecular flexibility index (Phi) is 27.2. The molecule has 0 spiro atoms. The van der Waals surface area contributed by atoms with Crippen molar-refractivity contribution in [3.05, 3.63) is 0 Å². The van der Waals surface area contributed by atoms with Crippen LogP contribution in [0.25, 0.3) is 0 Å². The third-order valence-electron chi connectivity index (χ3n) is 11.5. The van der Waals surface area contributed by atoms with Gasteiger partial charge in [-0.15, -0.1) is 0 Å². The Hall–Kier alpha value is -4.24. The molecule has 0 aromatic rings. The average Bonchev–Trinajstić information content (AvgIpc) is 3.18. The Bertz CT molecular complexity index is 1440. The molecule has 0 aromatic heterocycles. The minimum absolute atomic E-state index is 0.0216. The molecule has 0 radical (unpaired) electrons. The molecular weight excluding hydrogens is 799 g/mol. The summed E-state index contributed by atoms with van der Waals surface area (Å²) >= 11 is 0. The molecule has 0 aromatic carbocycles. The Labute approximate surface area is 371 Å². The van der Waals surface area contributed by atoms with Crippen LogP contribution >= 0.6 is 0 Å². The maximum absolute atomic E-state index is 13.9. The lowest BCUT2D eigenvalue weighted by molar-refractivity contribution is -0.147. The van der Waals surface area contributed by atoms with Crippen molar-refractivity contribution < 1.29 is 53.7 Å². The van der Waals surface area contributed by atoms with Crippen LogP contribution in [0.4, 0.5) is 0 Å². The predicted octanol–water partition coefficient (Wildman–Crippen LogP) is 5.62. The number of carboxylic acids is 3. The van der Waals surface area contributed by atoms with Crippen molar-refractivity contribution in [1.82, 2.24) is 26.6 Å². The maximum atomic E-state index is 13.9. The molecular formula is C46H83N5O11. The van der Waals surface area contributed by atoms with E-state index in [1.807, 2.05) is 76.2 Å². The van der Waals surface area contributed by atoms with E-state index < -0.39 is 100 Å². The summed E-state index contributed by atoms with van der Waals surface area (Å²) in [6.45, 7) is 22.1. The van der Waals surface area contributed by atoms with Crippen LogP contribution in [0.3, 0.4) is 0 Å². The van der Waals surface area contributed by atoms with Gasteiger partial charge in [-0.1, -0.05) is 76.2 Å². The number of amides is 5. The second kappa shape index (κ2) is 29.2. The zero-order valence-corrected chi connectivity index (χ0v) is 39.7. The Balaban J connectivity index is 7.09. The number of carbonyl (C=O) groups excluding carboxylic acids is 5. The second-order valence-corrected chi connectivity index (χ2v) is 19.1. The highest BCUT2D eigenvalue weighted by Crippen LogP contribution is 2.38. The minimum atomic E-state index is -1.42. The third-order valence-corrected chi connectivity index (χ3v) is 11.5. The molecule has 62 heavy (non-hydrogen) atoms. The van der Waals surface area contributed by atoms with Crippen molar-refractivity contribution >= 4 is 47.4 Å². The van der Waals surface area contributed by atoms with E-state index in [9.17, 15) is 53.7 Å². The number of aliphatic carboxylic acids is 3. The van der Waals surface area contributed by atoms with Gasteiger partial charge in [0.25, 0.3) is 0 Å². The average molecular weight is 882 g/mol. The quantitative estimate of drug-likeness (QED) is 0.0411. The van der Waals surface area contributed by atoms with E-state index in [4.69, 9.17) is 0 Å². The number of carboxylic acid groups (broad SMARTS) is 3. The topological polar surface area (TPSA) is 257 Å². The fraction of sp³-hybridized carbons (Fsp3) is 0.826. The highest BCUT2D eigenvalue weighted by atomic mass is 16.4. The molecule has 8 unspecified atom stereocenters. The molecule has 0 aliphatic heterocycles. The van der Waals surface area contributed by atoms with Gasteiger partial charge in [-0.3, -0.25) is 38.4 Å². The van der Waals surface area contributed by atoms with Gasteiger partial charge in [-0.05, 0) is 87.9 Å². The van der Waals surface area contributed by atoms with Gasteiger partial charge in [0.1, 0.15) is 0 Å². The first kappa shape index (κ1) is 57.8. The number of carbonyl (C=O) groups is 8. The van der Waals surface area contributed by atoms with Gasteiger partial charge in [0.15, 0.2) is 0 Å². The fourth-order valence-electron chi connectivity index (χ4n) is 7.74. The van der Waals surface area contributed by atoms with E-state index in [-0.39, 0.29) is 63.4 Å². The van der Waals surface area contributed by atoms with Crippen molar-refractivity contribution in [2.24, 2.45) is 58.2 Å². The second-order valence-electron chi connectivity index (χ2n) is 19.1. The number of hydrogen-bond donors (Lipinski definition) is 8. The summed E-state index contributed by atoms with van der Waals surface area (Å²) in [5.41, 5.74) is -1.23. The summed E-state index contributed by atoms with van der Waals surface area (Å²) in [4.78, 5) is 107. The van der Waals surface area contributed by atoms with E-state index in [0.717, 1.165) is 0 Å². The largest absolute Gasteiger partial charge is 0.481 e. The molecule has 358 valence electrons. The van der Waals surface area contributed by atoms with Crippen LogP contribution in [0.2, 0.25) is 0 Å². The van der Waals surface area contributed by atoms with Gasteiger partial charge in [0, 0.05) is 62.3 Å². The van der Waals surface area contributed by atoms with Gasteiger partial charge >= 0.3 is 17.9 Å². The summed E-state index contributed by atoms with van der Waals surface area (Å²) in [6.07, 6.45) is 1.48. The fourth-order valence-corrected chi connectivity index (χ4v) is 7.74. The number of hydrogen-bond acceptors (Lipinski definition) is 8. The van der Waals surface area contributed by atoms with E-state index in [0.29, 0.717) is 51.7 Å². The Morgan fingerprint density at radius 1 is 0.339 bits per heavy atom. The van der Waals surface area contributed by atoms with Crippen LogP contribution in [-0.2, 0) is 38.4 Å². The molecule has 0 fully saturated rings. The van der Waals surface area contributed by atoms with Gasteiger partial charge in [0.2, 0.25) is 29.5 Å². The first-order valence-corrected chi connectivity index (χ1v) is 23.0. The van der Waals surface area contributed by atoms with Crippen molar-refractivity contribution in [2.75, 3.05) is 32.7 Å². The van der Waals surface area contributed by atoms with Crippen molar-refractivity contribution in [2.45, 2.75) is 153 Å². The van der Waals surface area contributed by atoms with E-state index in [1.165, 1.54) is 0 Å². The van der Waals surface area contributed by atoms with Crippen molar-refractivity contribution in [1.29, 1.82) is 0 Å². The van der Waals surface area contributed by atoms with Gasteiger partial charge in [-0.2, -0.15) is 0 Å². The summed E-state index contributed by atoms with van der Waals surface area (Å²) in [7, 11) is 0. The van der Waals surface area contributed by atoms with Crippen LogP contribution < -0.4 is 26.6 Å². The first-order chi connectivity index (χ1) is 28.9. The highest BCUT2D eigenvalue weighted by molar-refractivity contribution is 5.85. The maximum Gasteiger partial charge on any atom is 0.306 e. The Morgan fingerprint density at radius 2 is 0.532 bits per heavy atom. The monoisotopic (exact) mass is 882 g/mol. The van der Waals surface area contributed by atoms with Crippen LogP contribution in [0, 0.1) is 58.2 Å². The van der Waals surface area contributed by atoms with E-state index in [1.54, 1.807) is 0 Å². The standard InChI is InChI=1S/C46H83N5O11/c1-12-17-47-37(52)29(22-30(38(53)48-18-13-2)24-34(44(61)62)28-36(46(9,10)11)41(56)51-21-16-5)23-32(42(57)58)26-33(43(59)60)25-31(39(54)49-19-14-3)27-35(45(6,7)8)40(55)50-20-15-4/h29-36H,12-28H2,1-11H3,(H,47,52)(H,48,53)(H,49,54)(H,50,55)(H,51,56)(H,57,58)(H,59,60)(H,61,62). The minimum Gasteiger partial charge on any atom is -0.481 e. The normalized spacial score (nSPS) is 15.7. The lowest BCUT2D eigenvalue weighted by atomic mass is 9.72. The molecule has 16 heteroatoms. The Morgan fingerprint density at radius 3 is 0.774 bits per heavy atom. The summed E-state index contributed by atoms with van der Waals surface area (Å²) in [5.74, 6) is -14.5. The summed E-state index contributed by atoms with van der Waals surface area (Å²) in [6, 6.07) is 0. The van der Waals surface area contributed by atoms with Crippen molar-refractivity contribution in [3.8, 4) is 0 Å². The summed E-state index contributed by atoms with van der Waals surface area (Å²) in [5, 5.41) is 45.8. The highest BCUT2D eigenvalue weighted by Gasteiger charge is 2.41. The molecule has 0 aliphatic rings. The third kappa shape index (κ3) is 21.7. The lowest BCUT2D eigenvalue weighted by Gasteiger charge is -2.33. The lowest BCUT2D eigenvalue weighted by Crippen LogP contribution is -2.43. The molecule has 0 saturated carbocycles. The van der Waals surface area contributed by atoms with Crippen LogP contribution in [0.1, 0.15) is 153 Å². The van der Waals surface area contributed by atoms with Crippen molar-refractivity contribution in [3.63, 3.8) is 0 Å². The molecule has 0 rings (SSSR count). The van der Waals surface area contributed by atoms with Crippen LogP contribution in [0.15, 0.2) is 0 Å². The van der Waals surface area contributed by atoms with E-state index in [2.05, 4.69) is 26.6 Å². The van der Waals surface area contributed by atoms with Gasteiger partial charge < -0.3 is 41.9 Å². The molecule has 16 nitrogen and oxygen atoms in total. The smallest absolute Gasteiger partial charge is 0.306 e. The van der Waals surface area contributed by atoms with Gasteiger partial charge in [-0.25, -0.2) is 0 Å². The molecule has 8 N–H and O–H groups in total.